The van der Waals surface area contributed by atoms with Gasteiger partial charge in [0.2, 0.25) is 10.0 Å². The molecule has 100 valence electrons. The van der Waals surface area contributed by atoms with Crippen molar-refractivity contribution in [2.24, 2.45) is 0 Å². The second-order valence-electron chi connectivity index (χ2n) is 4.60. The first kappa shape index (κ1) is 13.7. The van der Waals surface area contributed by atoms with Gasteiger partial charge in [-0.25, -0.2) is 18.1 Å². The fourth-order valence-electron chi connectivity index (χ4n) is 1.86. The minimum atomic E-state index is -3.60. The summed E-state index contributed by atoms with van der Waals surface area (Å²) in [4.78, 5) is 3.88. The van der Waals surface area contributed by atoms with Gasteiger partial charge in [0.25, 0.3) is 0 Å². The summed E-state index contributed by atoms with van der Waals surface area (Å²) in [5.41, 5.74) is -0.585. The Morgan fingerprint density at radius 1 is 1.56 bits per heavy atom. The van der Waals surface area contributed by atoms with E-state index >= 15 is 0 Å². The molecule has 1 aromatic heterocycles. The highest BCUT2D eigenvalue weighted by atomic mass is 35.5. The van der Waals surface area contributed by atoms with Crippen LogP contribution in [0.1, 0.15) is 20.3 Å². The zero-order valence-corrected chi connectivity index (χ0v) is 11.8. The third kappa shape index (κ3) is 2.66. The van der Waals surface area contributed by atoms with Gasteiger partial charge in [-0.1, -0.05) is 11.6 Å². The molecule has 0 bridgehead atoms. The van der Waals surface area contributed by atoms with Crippen LogP contribution in [0.25, 0.3) is 0 Å². The number of hydrogen-bond acceptors (Lipinski definition) is 4. The van der Waals surface area contributed by atoms with Gasteiger partial charge in [0, 0.05) is 12.8 Å². The van der Waals surface area contributed by atoms with E-state index in [0.29, 0.717) is 13.0 Å². The number of nitrogens with zero attached hydrogens (tertiary/aromatic N) is 1. The van der Waals surface area contributed by atoms with E-state index in [1.54, 1.807) is 0 Å². The van der Waals surface area contributed by atoms with E-state index in [9.17, 15) is 8.42 Å². The minimum absolute atomic E-state index is 0.104. The molecule has 2 rings (SSSR count). The second kappa shape index (κ2) is 4.77. The molecule has 1 N–H and O–H groups in total. The van der Waals surface area contributed by atoms with Gasteiger partial charge in [0.05, 0.1) is 11.6 Å². The van der Waals surface area contributed by atoms with Crippen LogP contribution in [-0.4, -0.2) is 31.7 Å². The van der Waals surface area contributed by atoms with Crippen LogP contribution in [0.15, 0.2) is 23.2 Å². The monoisotopic (exact) mass is 290 g/mol. The van der Waals surface area contributed by atoms with Gasteiger partial charge in [-0.2, -0.15) is 0 Å². The van der Waals surface area contributed by atoms with Crippen LogP contribution in [0.4, 0.5) is 0 Å². The lowest BCUT2D eigenvalue weighted by molar-refractivity contribution is 0.0957. The molecular formula is C11H15ClN2O3S. The lowest BCUT2D eigenvalue weighted by Gasteiger charge is -2.28. The Balaban J connectivity index is 2.25. The van der Waals surface area contributed by atoms with Gasteiger partial charge < -0.3 is 4.74 Å². The van der Waals surface area contributed by atoms with Crippen LogP contribution in [-0.2, 0) is 14.8 Å². The summed E-state index contributed by atoms with van der Waals surface area (Å²) >= 11 is 5.64. The highest BCUT2D eigenvalue weighted by molar-refractivity contribution is 7.89. The molecule has 2 unspecified atom stereocenters. The zero-order valence-electron chi connectivity index (χ0n) is 10.2. The number of pyridine rings is 1. The molecule has 0 spiro atoms. The quantitative estimate of drug-likeness (QED) is 0.858. The maximum Gasteiger partial charge on any atom is 0.242 e. The summed E-state index contributed by atoms with van der Waals surface area (Å²) in [5, 5.41) is 0.262. The van der Waals surface area contributed by atoms with Crippen LogP contribution in [0.5, 0.6) is 0 Å². The van der Waals surface area contributed by atoms with Crippen molar-refractivity contribution in [2.45, 2.75) is 36.8 Å². The Bertz CT molecular complexity index is 532. The average Bonchev–Trinajstić information content (AvgIpc) is 2.58. The molecule has 1 aliphatic rings. The topological polar surface area (TPSA) is 68.3 Å². The summed E-state index contributed by atoms with van der Waals surface area (Å²) in [7, 11) is -3.60. The molecule has 0 radical (unpaired) electrons. The van der Waals surface area contributed by atoms with E-state index in [1.165, 1.54) is 18.3 Å². The van der Waals surface area contributed by atoms with E-state index in [0.717, 1.165) is 0 Å². The number of sulfonamides is 1. The van der Waals surface area contributed by atoms with E-state index < -0.39 is 15.6 Å². The van der Waals surface area contributed by atoms with Crippen LogP contribution in [0, 0.1) is 0 Å². The lowest BCUT2D eigenvalue weighted by Crippen LogP contribution is -2.50. The Kier molecular flexibility index (Phi) is 3.64. The summed E-state index contributed by atoms with van der Waals surface area (Å²) in [6.45, 7) is 4.25. The number of nitrogens with one attached hydrogen (secondary N) is 1. The third-order valence-electron chi connectivity index (χ3n) is 3.26. The molecule has 0 aliphatic carbocycles. The van der Waals surface area contributed by atoms with Crippen LogP contribution in [0.2, 0.25) is 5.15 Å². The Hall–Kier alpha value is -0.690. The van der Waals surface area contributed by atoms with E-state index in [4.69, 9.17) is 16.3 Å². The largest absolute Gasteiger partial charge is 0.376 e. The van der Waals surface area contributed by atoms with Gasteiger partial charge in [0.15, 0.2) is 0 Å². The van der Waals surface area contributed by atoms with Crippen molar-refractivity contribution in [3.63, 3.8) is 0 Å². The number of aromatic nitrogens is 1. The first-order valence-corrected chi connectivity index (χ1v) is 7.47. The summed E-state index contributed by atoms with van der Waals surface area (Å²) in [5.74, 6) is 0. The van der Waals surface area contributed by atoms with Crippen LogP contribution >= 0.6 is 11.6 Å². The third-order valence-corrected chi connectivity index (χ3v) is 5.09. The predicted octanol–water partition coefficient (Wildman–Crippen LogP) is 1.58. The number of rotatable bonds is 3. The van der Waals surface area contributed by atoms with Crippen molar-refractivity contribution in [1.82, 2.24) is 9.71 Å². The molecule has 2 atom stereocenters. The maximum atomic E-state index is 12.2. The minimum Gasteiger partial charge on any atom is -0.376 e. The predicted molar refractivity (Wildman–Crippen MR) is 68.0 cm³/mol. The smallest absolute Gasteiger partial charge is 0.242 e. The normalized spacial score (nSPS) is 28.5. The molecule has 0 saturated carbocycles. The standard InChI is InChI=1S/C11H15ClN2O3S/c1-8-11(2,5-6-17-8)14-18(15,16)9-3-4-10(12)13-7-9/h3-4,7-8,14H,5-6H2,1-2H3. The summed E-state index contributed by atoms with van der Waals surface area (Å²) in [6, 6.07) is 2.88. The average molecular weight is 291 g/mol. The molecule has 0 amide bonds. The van der Waals surface area contributed by atoms with Crippen molar-refractivity contribution < 1.29 is 13.2 Å². The van der Waals surface area contributed by atoms with Crippen molar-refractivity contribution >= 4 is 21.6 Å². The van der Waals surface area contributed by atoms with E-state index in [1.807, 2.05) is 13.8 Å². The molecule has 0 aromatic carbocycles. The molecule has 1 fully saturated rings. The molecule has 18 heavy (non-hydrogen) atoms. The van der Waals surface area contributed by atoms with Crippen LogP contribution in [0.3, 0.4) is 0 Å². The SMILES string of the molecule is CC1OCCC1(C)NS(=O)(=O)c1ccc(Cl)nc1. The lowest BCUT2D eigenvalue weighted by atomic mass is 9.97. The van der Waals surface area contributed by atoms with Gasteiger partial charge >= 0.3 is 0 Å². The fraction of sp³-hybridized carbons (Fsp3) is 0.545. The van der Waals surface area contributed by atoms with Crippen LogP contribution < -0.4 is 4.72 Å². The second-order valence-corrected chi connectivity index (χ2v) is 6.67. The summed E-state index contributed by atoms with van der Waals surface area (Å²) in [6.07, 6.45) is 1.73. The molecule has 1 aliphatic heterocycles. The maximum absolute atomic E-state index is 12.2. The number of hydrogen-bond donors (Lipinski definition) is 1. The zero-order chi connectivity index (χ0) is 13.4. The van der Waals surface area contributed by atoms with E-state index in [-0.39, 0.29) is 16.2 Å². The Labute approximate surface area is 112 Å². The van der Waals surface area contributed by atoms with Crippen molar-refractivity contribution in [2.75, 3.05) is 6.61 Å². The fourth-order valence-corrected chi connectivity index (χ4v) is 3.41. The van der Waals surface area contributed by atoms with Gasteiger partial charge in [-0.3, -0.25) is 0 Å². The Morgan fingerprint density at radius 2 is 2.28 bits per heavy atom. The first-order valence-electron chi connectivity index (χ1n) is 5.61. The number of ether oxygens (including phenoxy) is 1. The summed E-state index contributed by atoms with van der Waals surface area (Å²) < 4.78 is 32.5. The van der Waals surface area contributed by atoms with Crippen molar-refractivity contribution in [1.29, 1.82) is 0 Å². The molecule has 7 heteroatoms. The van der Waals surface area contributed by atoms with Crippen molar-refractivity contribution in [3.8, 4) is 0 Å². The first-order chi connectivity index (χ1) is 8.33. The number of halogens is 1. The highest BCUT2D eigenvalue weighted by Crippen LogP contribution is 2.27. The van der Waals surface area contributed by atoms with Gasteiger partial charge in [-0.05, 0) is 32.4 Å². The van der Waals surface area contributed by atoms with Crippen molar-refractivity contribution in [3.05, 3.63) is 23.5 Å². The molecule has 2 heterocycles. The molecule has 5 nitrogen and oxygen atoms in total. The van der Waals surface area contributed by atoms with Gasteiger partial charge in [-0.15, -0.1) is 0 Å². The van der Waals surface area contributed by atoms with Gasteiger partial charge in [0.1, 0.15) is 10.0 Å². The molecular weight excluding hydrogens is 276 g/mol. The Morgan fingerprint density at radius 3 is 2.78 bits per heavy atom. The van der Waals surface area contributed by atoms with E-state index in [2.05, 4.69) is 9.71 Å². The molecule has 1 saturated heterocycles. The molecule has 1 aromatic rings. The highest BCUT2D eigenvalue weighted by Gasteiger charge is 2.40.